The summed E-state index contributed by atoms with van der Waals surface area (Å²) < 4.78 is 11.2. The maximum atomic E-state index is 5.80. The zero-order valence-electron chi connectivity index (χ0n) is 16.7. The fourth-order valence-corrected chi connectivity index (χ4v) is 3.51. The van der Waals surface area contributed by atoms with Crippen LogP contribution in [0.15, 0.2) is 4.99 Å². The van der Waals surface area contributed by atoms with Crippen molar-refractivity contribution in [3.8, 4) is 0 Å². The van der Waals surface area contributed by atoms with Crippen LogP contribution in [-0.4, -0.2) is 77.6 Å². The number of guanidine groups is 1. The molecule has 0 radical (unpaired) electrons. The van der Waals surface area contributed by atoms with Gasteiger partial charge in [-0.3, -0.25) is 4.99 Å². The van der Waals surface area contributed by atoms with Crippen LogP contribution in [0, 0.1) is 11.8 Å². The molecule has 2 rings (SSSR count). The molecule has 2 heterocycles. The summed E-state index contributed by atoms with van der Waals surface area (Å²) in [6, 6.07) is 0. The first kappa shape index (κ1) is 23.9. The first-order valence-electron chi connectivity index (χ1n) is 10.1. The topological polar surface area (TPSA) is 58.1 Å². The predicted octanol–water partition coefficient (Wildman–Crippen LogP) is 2.33. The van der Waals surface area contributed by atoms with E-state index in [0.717, 1.165) is 70.7 Å². The van der Waals surface area contributed by atoms with Gasteiger partial charge in [-0.15, -0.1) is 24.0 Å². The molecule has 0 aromatic heterocycles. The molecule has 26 heavy (non-hydrogen) atoms. The molecule has 2 aliphatic heterocycles. The van der Waals surface area contributed by atoms with E-state index in [1.165, 1.54) is 32.4 Å². The Morgan fingerprint density at radius 2 is 1.77 bits per heavy atom. The molecule has 2 aliphatic rings. The lowest BCUT2D eigenvalue weighted by Gasteiger charge is -2.29. The summed E-state index contributed by atoms with van der Waals surface area (Å²) in [6.07, 6.45) is 7.20. The first-order chi connectivity index (χ1) is 12.3. The van der Waals surface area contributed by atoms with Crippen LogP contribution in [-0.2, 0) is 9.47 Å². The molecule has 0 aromatic rings. The maximum absolute atomic E-state index is 5.80. The lowest BCUT2D eigenvalue weighted by Crippen LogP contribution is -2.39. The molecule has 6 nitrogen and oxygen atoms in total. The Morgan fingerprint density at radius 1 is 1.08 bits per heavy atom. The van der Waals surface area contributed by atoms with Crippen LogP contribution >= 0.6 is 24.0 Å². The van der Waals surface area contributed by atoms with Crippen molar-refractivity contribution in [3.63, 3.8) is 0 Å². The highest BCUT2D eigenvalue weighted by Gasteiger charge is 2.16. The Labute approximate surface area is 176 Å². The third-order valence-corrected chi connectivity index (χ3v) is 5.36. The number of rotatable bonds is 9. The summed E-state index contributed by atoms with van der Waals surface area (Å²) in [4.78, 5) is 6.73. The molecule has 0 aliphatic carbocycles. The van der Waals surface area contributed by atoms with Crippen molar-refractivity contribution in [2.45, 2.75) is 38.5 Å². The molecule has 0 aromatic carbocycles. The molecule has 2 saturated heterocycles. The standard InChI is InChI=1S/C19H38N4O2.HI/c1-20-19(22-10-4-17-5-11-23(2)12-6-17)21-9-3-13-25-16-18-7-14-24-15-8-18;/h17-18H,3-16H2,1-2H3,(H2,20,21,22);1H. The molecule has 2 N–H and O–H groups in total. The van der Waals surface area contributed by atoms with Crippen molar-refractivity contribution in [1.82, 2.24) is 15.5 Å². The fraction of sp³-hybridized carbons (Fsp3) is 0.947. The molecular weight excluding hydrogens is 443 g/mol. The lowest BCUT2D eigenvalue weighted by atomic mass is 9.94. The van der Waals surface area contributed by atoms with Gasteiger partial charge in [-0.2, -0.15) is 0 Å². The van der Waals surface area contributed by atoms with Crippen molar-refractivity contribution in [2.24, 2.45) is 16.8 Å². The highest BCUT2D eigenvalue weighted by atomic mass is 127. The largest absolute Gasteiger partial charge is 0.381 e. The van der Waals surface area contributed by atoms with Crippen LogP contribution in [0.4, 0.5) is 0 Å². The van der Waals surface area contributed by atoms with Crippen molar-refractivity contribution in [1.29, 1.82) is 0 Å². The number of nitrogens with one attached hydrogen (secondary N) is 2. The summed E-state index contributed by atoms with van der Waals surface area (Å²) in [5.74, 6) is 2.47. The second kappa shape index (κ2) is 14.9. The second-order valence-electron chi connectivity index (χ2n) is 7.45. The van der Waals surface area contributed by atoms with E-state index in [1.54, 1.807) is 0 Å². The number of halogens is 1. The van der Waals surface area contributed by atoms with Gasteiger partial charge in [-0.05, 0) is 70.5 Å². The fourth-order valence-electron chi connectivity index (χ4n) is 3.51. The van der Waals surface area contributed by atoms with E-state index in [9.17, 15) is 0 Å². The zero-order valence-corrected chi connectivity index (χ0v) is 19.0. The molecule has 154 valence electrons. The summed E-state index contributed by atoms with van der Waals surface area (Å²) >= 11 is 0. The molecule has 0 amide bonds. The molecule has 0 spiro atoms. The van der Waals surface area contributed by atoms with E-state index in [4.69, 9.17) is 9.47 Å². The number of ether oxygens (including phenoxy) is 2. The van der Waals surface area contributed by atoms with Gasteiger partial charge in [0.15, 0.2) is 5.96 Å². The van der Waals surface area contributed by atoms with E-state index in [2.05, 4.69) is 27.6 Å². The van der Waals surface area contributed by atoms with Crippen molar-refractivity contribution < 1.29 is 9.47 Å². The Kier molecular flexibility index (Phi) is 13.7. The zero-order chi connectivity index (χ0) is 17.7. The van der Waals surface area contributed by atoms with Gasteiger partial charge in [0.25, 0.3) is 0 Å². The number of hydrogen-bond acceptors (Lipinski definition) is 4. The third kappa shape index (κ3) is 10.3. The van der Waals surface area contributed by atoms with E-state index in [1.807, 2.05) is 7.05 Å². The highest BCUT2D eigenvalue weighted by molar-refractivity contribution is 14.0. The Bertz CT molecular complexity index is 371. The Hall–Kier alpha value is -0.120. The second-order valence-corrected chi connectivity index (χ2v) is 7.45. The predicted molar refractivity (Wildman–Crippen MR) is 119 cm³/mol. The minimum absolute atomic E-state index is 0. The summed E-state index contributed by atoms with van der Waals surface area (Å²) in [5.41, 5.74) is 0. The normalized spacial score (nSPS) is 20.6. The van der Waals surface area contributed by atoms with Crippen LogP contribution in [0.1, 0.15) is 38.5 Å². The smallest absolute Gasteiger partial charge is 0.190 e. The molecular formula is C19H39IN4O2. The van der Waals surface area contributed by atoms with Crippen LogP contribution in [0.2, 0.25) is 0 Å². The summed E-state index contributed by atoms with van der Waals surface area (Å²) in [7, 11) is 4.06. The minimum atomic E-state index is 0. The molecule has 2 fully saturated rings. The molecule has 0 bridgehead atoms. The number of aliphatic imine (C=N–C) groups is 1. The minimum Gasteiger partial charge on any atom is -0.381 e. The van der Waals surface area contributed by atoms with Crippen LogP contribution in [0.25, 0.3) is 0 Å². The van der Waals surface area contributed by atoms with Crippen molar-refractivity contribution in [2.75, 3.05) is 66.7 Å². The average molecular weight is 482 g/mol. The molecule has 0 unspecified atom stereocenters. The number of piperidine rings is 1. The van der Waals surface area contributed by atoms with Gasteiger partial charge in [0.1, 0.15) is 0 Å². The number of likely N-dealkylation sites (tertiary alicyclic amines) is 1. The van der Waals surface area contributed by atoms with Gasteiger partial charge in [-0.25, -0.2) is 0 Å². The van der Waals surface area contributed by atoms with Gasteiger partial charge < -0.3 is 25.0 Å². The van der Waals surface area contributed by atoms with Crippen LogP contribution < -0.4 is 10.6 Å². The van der Waals surface area contributed by atoms with Crippen molar-refractivity contribution in [3.05, 3.63) is 0 Å². The first-order valence-corrected chi connectivity index (χ1v) is 10.1. The average Bonchev–Trinajstić information content (AvgIpc) is 2.65. The van der Waals surface area contributed by atoms with Gasteiger partial charge in [0.2, 0.25) is 0 Å². The summed E-state index contributed by atoms with van der Waals surface area (Å²) in [6.45, 7) is 7.89. The Morgan fingerprint density at radius 3 is 2.46 bits per heavy atom. The third-order valence-electron chi connectivity index (χ3n) is 5.36. The molecule has 0 saturated carbocycles. The maximum Gasteiger partial charge on any atom is 0.190 e. The van der Waals surface area contributed by atoms with Gasteiger partial charge >= 0.3 is 0 Å². The van der Waals surface area contributed by atoms with E-state index < -0.39 is 0 Å². The Balaban J connectivity index is 0.00000338. The van der Waals surface area contributed by atoms with E-state index >= 15 is 0 Å². The van der Waals surface area contributed by atoms with Gasteiger partial charge in [-0.1, -0.05) is 0 Å². The van der Waals surface area contributed by atoms with Crippen molar-refractivity contribution >= 4 is 29.9 Å². The number of hydrogen-bond donors (Lipinski definition) is 2. The number of nitrogens with zero attached hydrogens (tertiary/aromatic N) is 2. The quantitative estimate of drug-likeness (QED) is 0.229. The van der Waals surface area contributed by atoms with Crippen LogP contribution in [0.3, 0.4) is 0 Å². The van der Waals surface area contributed by atoms with Gasteiger partial charge in [0, 0.05) is 46.6 Å². The molecule has 0 atom stereocenters. The molecule has 7 heteroatoms. The SMILES string of the molecule is CN=C(NCCCOCC1CCOCC1)NCCC1CCN(C)CC1.I. The van der Waals surface area contributed by atoms with Crippen LogP contribution in [0.5, 0.6) is 0 Å². The van der Waals surface area contributed by atoms with E-state index in [0.29, 0.717) is 5.92 Å². The summed E-state index contributed by atoms with van der Waals surface area (Å²) in [5, 5.41) is 6.82. The lowest BCUT2D eigenvalue weighted by molar-refractivity contribution is 0.0203. The highest BCUT2D eigenvalue weighted by Crippen LogP contribution is 2.18. The monoisotopic (exact) mass is 482 g/mol. The van der Waals surface area contributed by atoms with E-state index in [-0.39, 0.29) is 24.0 Å². The van der Waals surface area contributed by atoms with Gasteiger partial charge in [0.05, 0.1) is 0 Å².